The number of fused-ring (bicyclic) bond motifs is 3. The maximum atomic E-state index is 13.1. The molecule has 0 aliphatic heterocycles. The van der Waals surface area contributed by atoms with Gasteiger partial charge >= 0.3 is 5.69 Å². The summed E-state index contributed by atoms with van der Waals surface area (Å²) in [6, 6.07) is 12.6. The van der Waals surface area contributed by atoms with E-state index >= 15 is 0 Å². The monoisotopic (exact) mass is 405 g/mol. The zero-order valence-corrected chi connectivity index (χ0v) is 17.2. The summed E-state index contributed by atoms with van der Waals surface area (Å²) < 4.78 is 3.99. The number of hydrogen-bond acceptors (Lipinski definition) is 4. The molecule has 4 aromatic rings. The molecule has 154 valence electrons. The lowest BCUT2D eigenvalue weighted by atomic mass is 10.1. The Kier molecular flexibility index (Phi) is 4.99. The van der Waals surface area contributed by atoms with Gasteiger partial charge in [0.25, 0.3) is 5.56 Å². The maximum absolute atomic E-state index is 13.1. The van der Waals surface area contributed by atoms with Gasteiger partial charge in [-0.25, -0.2) is 13.9 Å². The molecule has 1 N–H and O–H groups in total. The number of nitrogens with zero attached hydrogens (tertiary/aromatic N) is 4. The molecule has 4 rings (SSSR count). The number of carbonyl (C=O) groups excluding carboxylic acids is 1. The van der Waals surface area contributed by atoms with E-state index in [0.717, 1.165) is 15.8 Å². The Morgan fingerprint density at radius 1 is 1.07 bits per heavy atom. The zero-order chi connectivity index (χ0) is 21.4. The van der Waals surface area contributed by atoms with Crippen LogP contribution in [0.5, 0.6) is 0 Å². The van der Waals surface area contributed by atoms with Crippen molar-refractivity contribution in [1.29, 1.82) is 0 Å². The van der Waals surface area contributed by atoms with E-state index < -0.39 is 5.69 Å². The predicted molar refractivity (Wildman–Crippen MR) is 116 cm³/mol. The summed E-state index contributed by atoms with van der Waals surface area (Å²) in [5, 5.41) is 7.57. The molecule has 8 heteroatoms. The van der Waals surface area contributed by atoms with Crippen LogP contribution in [0.2, 0.25) is 0 Å². The van der Waals surface area contributed by atoms with Gasteiger partial charge in [-0.15, -0.1) is 5.10 Å². The first kappa shape index (κ1) is 19.6. The van der Waals surface area contributed by atoms with E-state index in [1.807, 2.05) is 39.0 Å². The number of aryl methyl sites for hydroxylation is 3. The molecule has 1 amide bonds. The number of benzene rings is 2. The van der Waals surface area contributed by atoms with Gasteiger partial charge in [0.15, 0.2) is 0 Å². The lowest BCUT2D eigenvalue weighted by molar-refractivity contribution is -0.117. The SMILES string of the molecule is CCCn1c(=O)c2ccccc2n2c(=O)n(CC(=O)Nc3ccc(C)c(C)c3)nc12. The molecule has 0 fully saturated rings. The third kappa shape index (κ3) is 3.30. The number of carbonyl (C=O) groups is 1. The van der Waals surface area contributed by atoms with Crippen molar-refractivity contribution in [3.8, 4) is 0 Å². The lowest BCUT2D eigenvalue weighted by Crippen LogP contribution is -2.29. The van der Waals surface area contributed by atoms with Crippen LogP contribution in [-0.2, 0) is 17.9 Å². The Morgan fingerprint density at radius 3 is 2.57 bits per heavy atom. The van der Waals surface area contributed by atoms with Gasteiger partial charge in [-0.3, -0.25) is 14.2 Å². The van der Waals surface area contributed by atoms with E-state index in [0.29, 0.717) is 29.6 Å². The Bertz CT molecular complexity index is 1390. The molecular weight excluding hydrogens is 382 g/mol. The van der Waals surface area contributed by atoms with E-state index in [1.165, 1.54) is 8.97 Å². The summed E-state index contributed by atoms with van der Waals surface area (Å²) in [7, 11) is 0. The first-order valence-electron chi connectivity index (χ1n) is 9.89. The van der Waals surface area contributed by atoms with Crippen molar-refractivity contribution in [2.24, 2.45) is 0 Å². The molecule has 2 aromatic heterocycles. The molecule has 0 saturated carbocycles. The average molecular weight is 405 g/mol. The molecular formula is C22H23N5O3. The van der Waals surface area contributed by atoms with Crippen molar-refractivity contribution in [3.05, 3.63) is 74.4 Å². The Balaban J connectivity index is 1.77. The van der Waals surface area contributed by atoms with Crippen LogP contribution in [0.25, 0.3) is 16.7 Å². The van der Waals surface area contributed by atoms with Gasteiger partial charge in [0.05, 0.1) is 10.9 Å². The number of rotatable bonds is 5. The van der Waals surface area contributed by atoms with Crippen LogP contribution in [-0.4, -0.2) is 24.7 Å². The van der Waals surface area contributed by atoms with Gasteiger partial charge in [-0.05, 0) is 55.7 Å². The second-order valence-corrected chi connectivity index (χ2v) is 7.40. The van der Waals surface area contributed by atoms with E-state index in [9.17, 15) is 14.4 Å². The minimum atomic E-state index is -0.457. The van der Waals surface area contributed by atoms with Gasteiger partial charge < -0.3 is 5.32 Å². The van der Waals surface area contributed by atoms with Crippen molar-refractivity contribution >= 4 is 28.3 Å². The van der Waals surface area contributed by atoms with Gasteiger partial charge in [-0.1, -0.05) is 25.1 Å². The molecule has 0 spiro atoms. The first-order valence-corrected chi connectivity index (χ1v) is 9.89. The fourth-order valence-corrected chi connectivity index (χ4v) is 3.55. The standard InChI is InChI=1S/C22H23N5O3/c1-4-11-25-20(29)17-7-5-6-8-18(17)27-21(25)24-26(22(27)30)13-19(28)23-16-10-9-14(2)15(3)12-16/h5-10,12H,4,11,13H2,1-3H3,(H,23,28). The molecule has 0 saturated heterocycles. The number of amides is 1. The molecule has 0 unspecified atom stereocenters. The van der Waals surface area contributed by atoms with Crippen LogP contribution in [0.3, 0.4) is 0 Å². The van der Waals surface area contributed by atoms with Crippen LogP contribution >= 0.6 is 0 Å². The van der Waals surface area contributed by atoms with Crippen LogP contribution < -0.4 is 16.6 Å². The second kappa shape index (κ2) is 7.62. The predicted octanol–water partition coefficient (Wildman–Crippen LogP) is 2.48. The van der Waals surface area contributed by atoms with E-state index in [4.69, 9.17) is 0 Å². The summed E-state index contributed by atoms with van der Waals surface area (Å²) in [6.45, 7) is 6.10. The summed E-state index contributed by atoms with van der Waals surface area (Å²) in [4.78, 5) is 38.5. The Hall–Kier alpha value is -3.68. The van der Waals surface area contributed by atoms with Gasteiger partial charge in [0.1, 0.15) is 6.54 Å². The highest BCUT2D eigenvalue weighted by molar-refractivity contribution is 5.90. The second-order valence-electron chi connectivity index (χ2n) is 7.40. The van der Waals surface area contributed by atoms with Crippen LogP contribution in [0.1, 0.15) is 24.5 Å². The highest BCUT2D eigenvalue weighted by Gasteiger charge is 2.18. The molecule has 0 aliphatic rings. The normalized spacial score (nSPS) is 11.3. The largest absolute Gasteiger partial charge is 0.352 e. The highest BCUT2D eigenvalue weighted by Crippen LogP contribution is 2.14. The topological polar surface area (TPSA) is 90.4 Å². The van der Waals surface area contributed by atoms with Gasteiger partial charge in [0.2, 0.25) is 11.7 Å². The van der Waals surface area contributed by atoms with Crippen molar-refractivity contribution in [2.75, 3.05) is 5.32 Å². The molecule has 0 atom stereocenters. The lowest BCUT2D eigenvalue weighted by Gasteiger charge is -2.07. The maximum Gasteiger partial charge on any atom is 0.352 e. The summed E-state index contributed by atoms with van der Waals surface area (Å²) in [5.41, 5.74) is 2.68. The van der Waals surface area contributed by atoms with Crippen LogP contribution in [0, 0.1) is 13.8 Å². The Labute approximate surface area is 172 Å². The molecule has 2 heterocycles. The van der Waals surface area contributed by atoms with Crippen molar-refractivity contribution in [2.45, 2.75) is 40.3 Å². The fourth-order valence-electron chi connectivity index (χ4n) is 3.55. The summed E-state index contributed by atoms with van der Waals surface area (Å²) in [5.74, 6) is -0.123. The molecule has 8 nitrogen and oxygen atoms in total. The zero-order valence-electron chi connectivity index (χ0n) is 17.2. The quantitative estimate of drug-likeness (QED) is 0.552. The number of aromatic nitrogens is 4. The molecule has 0 aliphatic carbocycles. The van der Waals surface area contributed by atoms with Gasteiger partial charge in [-0.2, -0.15) is 0 Å². The fraction of sp³-hybridized carbons (Fsp3) is 0.273. The van der Waals surface area contributed by atoms with Crippen LogP contribution in [0.15, 0.2) is 52.1 Å². The minimum absolute atomic E-state index is 0.198. The third-order valence-corrected chi connectivity index (χ3v) is 5.22. The number of para-hydroxylation sites is 1. The average Bonchev–Trinajstić information content (AvgIpc) is 3.04. The van der Waals surface area contributed by atoms with E-state index in [1.54, 1.807) is 24.3 Å². The first-order chi connectivity index (χ1) is 14.4. The van der Waals surface area contributed by atoms with Crippen LogP contribution in [0.4, 0.5) is 5.69 Å². The van der Waals surface area contributed by atoms with Crippen molar-refractivity contribution < 1.29 is 4.79 Å². The smallest absolute Gasteiger partial charge is 0.324 e. The number of anilines is 1. The number of hydrogen-bond donors (Lipinski definition) is 1. The highest BCUT2D eigenvalue weighted by atomic mass is 16.2. The Morgan fingerprint density at radius 2 is 1.83 bits per heavy atom. The summed E-state index contributed by atoms with van der Waals surface area (Å²) >= 11 is 0. The van der Waals surface area contributed by atoms with Crippen molar-refractivity contribution in [1.82, 2.24) is 18.7 Å². The number of nitrogens with one attached hydrogen (secondary N) is 1. The van der Waals surface area contributed by atoms with Crippen molar-refractivity contribution in [3.63, 3.8) is 0 Å². The molecule has 0 radical (unpaired) electrons. The molecule has 30 heavy (non-hydrogen) atoms. The third-order valence-electron chi connectivity index (χ3n) is 5.22. The van der Waals surface area contributed by atoms with Gasteiger partial charge in [0, 0.05) is 12.2 Å². The van der Waals surface area contributed by atoms with E-state index in [2.05, 4.69) is 10.4 Å². The summed E-state index contributed by atoms with van der Waals surface area (Å²) in [6.07, 6.45) is 0.711. The van der Waals surface area contributed by atoms with E-state index in [-0.39, 0.29) is 23.8 Å². The molecule has 0 bridgehead atoms. The molecule has 2 aromatic carbocycles. The minimum Gasteiger partial charge on any atom is -0.324 e.